The SMILES string of the molecule is CSC1(CNS(=O)(=O)c2ccnc(Cl)c2)CCCCC1. The fourth-order valence-corrected chi connectivity index (χ4v) is 4.89. The molecule has 2 rings (SSSR count). The zero-order valence-electron chi connectivity index (χ0n) is 11.4. The molecule has 20 heavy (non-hydrogen) atoms. The van der Waals surface area contributed by atoms with Gasteiger partial charge in [0.1, 0.15) is 5.15 Å². The van der Waals surface area contributed by atoms with Crippen molar-refractivity contribution in [3.05, 3.63) is 23.5 Å². The molecule has 4 nitrogen and oxygen atoms in total. The summed E-state index contributed by atoms with van der Waals surface area (Å²) in [5.41, 5.74) is 0. The number of aromatic nitrogens is 1. The maximum Gasteiger partial charge on any atom is 0.240 e. The second-order valence-corrected chi connectivity index (χ2v) is 8.52. The molecule has 0 unspecified atom stereocenters. The Morgan fingerprint density at radius 3 is 2.70 bits per heavy atom. The number of hydrogen-bond acceptors (Lipinski definition) is 4. The first kappa shape index (κ1) is 16.1. The molecule has 1 heterocycles. The lowest BCUT2D eigenvalue weighted by Gasteiger charge is -2.35. The fourth-order valence-electron chi connectivity index (χ4n) is 2.51. The van der Waals surface area contributed by atoms with Crippen molar-refractivity contribution in [3.8, 4) is 0 Å². The molecule has 1 aromatic rings. The first-order valence-electron chi connectivity index (χ1n) is 6.64. The average Bonchev–Trinajstić information content (AvgIpc) is 2.46. The van der Waals surface area contributed by atoms with E-state index in [2.05, 4.69) is 16.0 Å². The molecule has 0 bridgehead atoms. The van der Waals surface area contributed by atoms with E-state index >= 15 is 0 Å². The van der Waals surface area contributed by atoms with Gasteiger partial charge in [0.2, 0.25) is 10.0 Å². The Morgan fingerprint density at radius 2 is 2.10 bits per heavy atom. The largest absolute Gasteiger partial charge is 0.244 e. The van der Waals surface area contributed by atoms with Crippen LogP contribution in [0, 0.1) is 0 Å². The normalized spacial score (nSPS) is 18.9. The highest BCUT2D eigenvalue weighted by Crippen LogP contribution is 2.38. The van der Waals surface area contributed by atoms with Crippen LogP contribution in [0.1, 0.15) is 32.1 Å². The van der Waals surface area contributed by atoms with Crippen molar-refractivity contribution in [2.75, 3.05) is 12.8 Å². The van der Waals surface area contributed by atoms with Gasteiger partial charge in [-0.25, -0.2) is 18.1 Å². The lowest BCUT2D eigenvalue weighted by Crippen LogP contribution is -2.41. The minimum Gasteiger partial charge on any atom is -0.244 e. The van der Waals surface area contributed by atoms with Gasteiger partial charge in [0, 0.05) is 17.5 Å². The molecule has 0 aromatic carbocycles. The zero-order chi connectivity index (χ0) is 14.6. The van der Waals surface area contributed by atoms with Gasteiger partial charge in [0.15, 0.2) is 0 Å². The van der Waals surface area contributed by atoms with Crippen molar-refractivity contribution in [2.45, 2.75) is 41.7 Å². The van der Waals surface area contributed by atoms with E-state index in [1.165, 1.54) is 37.6 Å². The van der Waals surface area contributed by atoms with Gasteiger partial charge in [-0.05, 0) is 31.2 Å². The van der Waals surface area contributed by atoms with E-state index in [0.717, 1.165) is 12.8 Å². The summed E-state index contributed by atoms with van der Waals surface area (Å²) >= 11 is 7.51. The van der Waals surface area contributed by atoms with Gasteiger partial charge >= 0.3 is 0 Å². The van der Waals surface area contributed by atoms with Crippen molar-refractivity contribution in [1.29, 1.82) is 0 Å². The molecule has 1 saturated carbocycles. The van der Waals surface area contributed by atoms with Crippen molar-refractivity contribution in [3.63, 3.8) is 0 Å². The number of halogens is 1. The maximum atomic E-state index is 12.3. The van der Waals surface area contributed by atoms with Crippen molar-refractivity contribution < 1.29 is 8.42 Å². The zero-order valence-corrected chi connectivity index (χ0v) is 13.8. The smallest absolute Gasteiger partial charge is 0.240 e. The summed E-state index contributed by atoms with van der Waals surface area (Å²) in [5, 5.41) is 0.185. The van der Waals surface area contributed by atoms with Crippen LogP contribution in [-0.4, -0.2) is 30.9 Å². The summed E-state index contributed by atoms with van der Waals surface area (Å²) in [6.07, 6.45) is 9.18. The minimum atomic E-state index is -3.52. The van der Waals surface area contributed by atoms with Crippen LogP contribution in [-0.2, 0) is 10.0 Å². The Morgan fingerprint density at radius 1 is 1.40 bits per heavy atom. The van der Waals surface area contributed by atoms with Gasteiger partial charge in [-0.1, -0.05) is 30.9 Å². The molecule has 0 spiro atoms. The van der Waals surface area contributed by atoms with Gasteiger partial charge in [-0.15, -0.1) is 0 Å². The number of pyridine rings is 1. The van der Waals surface area contributed by atoms with Crippen LogP contribution in [0.3, 0.4) is 0 Å². The minimum absolute atomic E-state index is 0.0299. The molecule has 1 aromatic heterocycles. The van der Waals surface area contributed by atoms with Crippen LogP contribution in [0.2, 0.25) is 5.15 Å². The summed E-state index contributed by atoms with van der Waals surface area (Å²) in [4.78, 5) is 3.97. The predicted molar refractivity (Wildman–Crippen MR) is 83.8 cm³/mol. The molecule has 0 radical (unpaired) electrons. The molecule has 7 heteroatoms. The second-order valence-electron chi connectivity index (χ2n) is 5.09. The van der Waals surface area contributed by atoms with E-state index in [1.807, 2.05) is 0 Å². The van der Waals surface area contributed by atoms with Gasteiger partial charge in [0.25, 0.3) is 0 Å². The van der Waals surface area contributed by atoms with Crippen LogP contribution in [0.5, 0.6) is 0 Å². The van der Waals surface area contributed by atoms with E-state index in [-0.39, 0.29) is 14.8 Å². The second kappa shape index (κ2) is 6.64. The quantitative estimate of drug-likeness (QED) is 0.841. The highest BCUT2D eigenvalue weighted by atomic mass is 35.5. The summed E-state index contributed by atoms with van der Waals surface area (Å²) in [6.45, 7) is 0.469. The van der Waals surface area contributed by atoms with E-state index in [0.29, 0.717) is 6.54 Å². The molecule has 1 aliphatic carbocycles. The Balaban J connectivity index is 2.08. The van der Waals surface area contributed by atoms with E-state index < -0.39 is 10.0 Å². The third-order valence-corrected chi connectivity index (χ3v) is 6.81. The average molecular weight is 335 g/mol. The number of nitrogens with one attached hydrogen (secondary N) is 1. The van der Waals surface area contributed by atoms with E-state index in [4.69, 9.17) is 11.6 Å². The summed E-state index contributed by atoms with van der Waals surface area (Å²) < 4.78 is 27.3. The standard InChI is InChI=1S/C13H19ClN2O2S2/c1-19-13(6-3-2-4-7-13)10-16-20(17,18)11-5-8-15-12(14)9-11/h5,8-9,16H,2-4,6-7,10H2,1H3. The molecular weight excluding hydrogens is 316 g/mol. The van der Waals surface area contributed by atoms with Crippen LogP contribution in [0.4, 0.5) is 0 Å². The summed E-state index contributed by atoms with van der Waals surface area (Å²) in [5.74, 6) is 0. The fraction of sp³-hybridized carbons (Fsp3) is 0.615. The molecule has 0 aliphatic heterocycles. The molecule has 1 N–H and O–H groups in total. The Hall–Kier alpha value is -0.300. The van der Waals surface area contributed by atoms with Gasteiger partial charge in [-0.2, -0.15) is 11.8 Å². The predicted octanol–water partition coefficient (Wildman–Crippen LogP) is 3.08. The number of sulfonamides is 1. The number of hydrogen-bond donors (Lipinski definition) is 1. The third-order valence-electron chi connectivity index (χ3n) is 3.79. The lowest BCUT2D eigenvalue weighted by molar-refractivity contribution is 0.395. The molecule has 1 aliphatic rings. The van der Waals surface area contributed by atoms with Crippen LogP contribution in [0.15, 0.2) is 23.2 Å². The lowest BCUT2D eigenvalue weighted by atomic mass is 9.88. The number of rotatable bonds is 5. The molecule has 0 amide bonds. The first-order chi connectivity index (χ1) is 9.47. The number of thioether (sulfide) groups is 1. The first-order valence-corrected chi connectivity index (χ1v) is 9.72. The van der Waals surface area contributed by atoms with E-state index in [9.17, 15) is 8.42 Å². The van der Waals surface area contributed by atoms with Crippen LogP contribution >= 0.6 is 23.4 Å². The maximum absolute atomic E-state index is 12.3. The molecule has 0 saturated heterocycles. The highest BCUT2D eigenvalue weighted by molar-refractivity contribution is 8.00. The van der Waals surface area contributed by atoms with Crippen molar-refractivity contribution in [2.24, 2.45) is 0 Å². The van der Waals surface area contributed by atoms with Crippen LogP contribution in [0.25, 0.3) is 0 Å². The molecular formula is C13H19ClN2O2S2. The molecule has 0 atom stereocenters. The summed E-state index contributed by atoms with van der Waals surface area (Å²) in [6, 6.07) is 2.83. The summed E-state index contributed by atoms with van der Waals surface area (Å²) in [7, 11) is -3.52. The third kappa shape index (κ3) is 3.87. The monoisotopic (exact) mass is 334 g/mol. The van der Waals surface area contributed by atoms with Crippen molar-refractivity contribution in [1.82, 2.24) is 9.71 Å². The number of nitrogens with zero attached hydrogens (tertiary/aromatic N) is 1. The Labute approximate surface area is 129 Å². The Bertz CT molecular complexity index is 557. The Kier molecular flexibility index (Phi) is 5.34. The molecule has 1 fully saturated rings. The van der Waals surface area contributed by atoms with Crippen LogP contribution < -0.4 is 4.72 Å². The van der Waals surface area contributed by atoms with Crippen molar-refractivity contribution >= 4 is 33.4 Å². The topological polar surface area (TPSA) is 59.1 Å². The van der Waals surface area contributed by atoms with Gasteiger partial charge in [0.05, 0.1) is 4.90 Å². The molecule has 112 valence electrons. The van der Waals surface area contributed by atoms with Gasteiger partial charge in [-0.3, -0.25) is 0 Å². The van der Waals surface area contributed by atoms with Gasteiger partial charge < -0.3 is 0 Å². The van der Waals surface area contributed by atoms with E-state index in [1.54, 1.807) is 11.8 Å². The highest BCUT2D eigenvalue weighted by Gasteiger charge is 2.32.